The van der Waals surface area contributed by atoms with E-state index >= 15 is 0 Å². The van der Waals surface area contributed by atoms with Crippen molar-refractivity contribution in [3.05, 3.63) is 29.5 Å². The van der Waals surface area contributed by atoms with E-state index < -0.39 is 0 Å². The van der Waals surface area contributed by atoms with Gasteiger partial charge < -0.3 is 9.73 Å². The van der Waals surface area contributed by atoms with Gasteiger partial charge in [0.25, 0.3) is 0 Å². The predicted molar refractivity (Wildman–Crippen MR) is 101 cm³/mol. The standard InChI is InChI=1S/C16H23N3OS.2ClH/c1-2-17-10-13-5-7-19(8-6-13)11-14-12-20-16(18-14)15-4-3-9-21-15;;/h3-4,9,12-13,17H,2,5-8,10-11H2,1H3;2*1H. The number of nitrogens with one attached hydrogen (secondary N) is 1. The molecule has 4 nitrogen and oxygen atoms in total. The molecule has 0 unspecified atom stereocenters. The second-order valence-electron chi connectivity index (χ2n) is 5.65. The first kappa shape index (κ1) is 20.5. The van der Waals surface area contributed by atoms with E-state index in [2.05, 4.69) is 22.1 Å². The molecule has 0 aromatic carbocycles. The molecule has 2 aromatic heterocycles. The average molecular weight is 378 g/mol. The van der Waals surface area contributed by atoms with Crippen molar-refractivity contribution in [2.75, 3.05) is 26.2 Å². The Hall–Kier alpha value is -0.590. The number of piperidine rings is 1. The smallest absolute Gasteiger partial charge is 0.236 e. The molecule has 0 saturated carbocycles. The van der Waals surface area contributed by atoms with Crippen molar-refractivity contribution in [3.63, 3.8) is 0 Å². The Morgan fingerprint density at radius 1 is 1.35 bits per heavy atom. The van der Waals surface area contributed by atoms with Crippen LogP contribution in [0.4, 0.5) is 0 Å². The highest BCUT2D eigenvalue weighted by atomic mass is 35.5. The minimum Gasteiger partial charge on any atom is -0.444 e. The van der Waals surface area contributed by atoms with E-state index in [0.29, 0.717) is 0 Å². The molecule has 0 spiro atoms. The van der Waals surface area contributed by atoms with Crippen LogP contribution in [0.15, 0.2) is 28.2 Å². The largest absolute Gasteiger partial charge is 0.444 e. The SMILES string of the molecule is CCNCC1CCN(Cc2coc(-c3cccs3)n2)CC1.Cl.Cl. The lowest BCUT2D eigenvalue weighted by Gasteiger charge is -2.31. The van der Waals surface area contributed by atoms with Gasteiger partial charge in [0.05, 0.1) is 10.6 Å². The molecule has 0 atom stereocenters. The molecule has 23 heavy (non-hydrogen) atoms. The molecule has 3 heterocycles. The summed E-state index contributed by atoms with van der Waals surface area (Å²) in [5.74, 6) is 1.59. The van der Waals surface area contributed by atoms with E-state index in [4.69, 9.17) is 4.42 Å². The summed E-state index contributed by atoms with van der Waals surface area (Å²) in [4.78, 5) is 8.19. The maximum absolute atomic E-state index is 5.59. The van der Waals surface area contributed by atoms with Crippen LogP contribution >= 0.6 is 36.2 Å². The number of nitrogens with zero attached hydrogens (tertiary/aromatic N) is 2. The lowest BCUT2D eigenvalue weighted by Crippen LogP contribution is -2.36. The minimum absolute atomic E-state index is 0. The Balaban J connectivity index is 0.00000132. The van der Waals surface area contributed by atoms with E-state index in [1.54, 1.807) is 17.6 Å². The molecule has 1 aliphatic rings. The van der Waals surface area contributed by atoms with Gasteiger partial charge in [-0.1, -0.05) is 13.0 Å². The molecular weight excluding hydrogens is 353 g/mol. The molecular formula is C16H25Cl2N3OS. The van der Waals surface area contributed by atoms with Crippen molar-refractivity contribution in [1.29, 1.82) is 0 Å². The van der Waals surface area contributed by atoms with Crippen LogP contribution in [0.3, 0.4) is 0 Å². The first-order valence-corrected chi connectivity index (χ1v) is 8.64. The van der Waals surface area contributed by atoms with Crippen molar-refractivity contribution in [2.45, 2.75) is 26.3 Å². The molecule has 1 N–H and O–H groups in total. The number of likely N-dealkylation sites (tertiary alicyclic amines) is 1. The van der Waals surface area contributed by atoms with Gasteiger partial charge in [-0.05, 0) is 56.4 Å². The fourth-order valence-corrected chi connectivity index (χ4v) is 3.47. The van der Waals surface area contributed by atoms with Crippen molar-refractivity contribution in [2.24, 2.45) is 5.92 Å². The molecule has 7 heteroatoms. The first-order chi connectivity index (χ1) is 10.3. The lowest BCUT2D eigenvalue weighted by atomic mass is 9.97. The van der Waals surface area contributed by atoms with Gasteiger partial charge in [-0.3, -0.25) is 4.90 Å². The van der Waals surface area contributed by atoms with E-state index in [9.17, 15) is 0 Å². The quantitative estimate of drug-likeness (QED) is 0.823. The zero-order chi connectivity index (χ0) is 14.5. The first-order valence-electron chi connectivity index (χ1n) is 7.76. The second kappa shape index (κ2) is 10.3. The van der Waals surface area contributed by atoms with Crippen LogP contribution in [-0.4, -0.2) is 36.1 Å². The van der Waals surface area contributed by atoms with Crippen molar-refractivity contribution < 1.29 is 4.42 Å². The van der Waals surface area contributed by atoms with Gasteiger partial charge in [-0.2, -0.15) is 0 Å². The predicted octanol–water partition coefficient (Wildman–Crippen LogP) is 4.07. The van der Waals surface area contributed by atoms with E-state index in [1.807, 2.05) is 17.5 Å². The number of aromatic nitrogens is 1. The second-order valence-corrected chi connectivity index (χ2v) is 6.60. The number of hydrogen-bond donors (Lipinski definition) is 1. The highest BCUT2D eigenvalue weighted by Crippen LogP contribution is 2.24. The maximum Gasteiger partial charge on any atom is 0.236 e. The summed E-state index contributed by atoms with van der Waals surface area (Å²) in [7, 11) is 0. The third-order valence-corrected chi connectivity index (χ3v) is 4.92. The average Bonchev–Trinajstić information content (AvgIpc) is 3.17. The Morgan fingerprint density at radius 3 is 2.78 bits per heavy atom. The molecule has 0 radical (unpaired) electrons. The van der Waals surface area contributed by atoms with Crippen LogP contribution in [0, 0.1) is 5.92 Å². The van der Waals surface area contributed by atoms with Crippen LogP contribution < -0.4 is 5.32 Å². The van der Waals surface area contributed by atoms with Crippen LogP contribution in [-0.2, 0) is 6.54 Å². The van der Waals surface area contributed by atoms with Crippen molar-refractivity contribution >= 4 is 36.2 Å². The number of rotatable bonds is 6. The zero-order valence-electron chi connectivity index (χ0n) is 13.4. The minimum atomic E-state index is 0. The van der Waals surface area contributed by atoms with Crippen molar-refractivity contribution in [3.8, 4) is 10.8 Å². The fourth-order valence-electron chi connectivity index (χ4n) is 2.82. The zero-order valence-corrected chi connectivity index (χ0v) is 15.8. The van der Waals surface area contributed by atoms with Gasteiger partial charge >= 0.3 is 0 Å². The summed E-state index contributed by atoms with van der Waals surface area (Å²) in [6.45, 7) is 7.64. The fraction of sp³-hybridized carbons (Fsp3) is 0.562. The monoisotopic (exact) mass is 377 g/mol. The van der Waals surface area contributed by atoms with Gasteiger partial charge in [0.1, 0.15) is 6.26 Å². The topological polar surface area (TPSA) is 41.3 Å². The summed E-state index contributed by atoms with van der Waals surface area (Å²) in [5, 5.41) is 5.51. The van der Waals surface area contributed by atoms with Crippen LogP contribution in [0.25, 0.3) is 10.8 Å². The molecule has 1 aliphatic heterocycles. The maximum atomic E-state index is 5.59. The Bertz CT molecular complexity index is 539. The summed E-state index contributed by atoms with van der Waals surface area (Å²) in [6.07, 6.45) is 4.37. The molecule has 1 fully saturated rings. The van der Waals surface area contributed by atoms with Gasteiger partial charge in [-0.15, -0.1) is 36.2 Å². The summed E-state index contributed by atoms with van der Waals surface area (Å²) in [6, 6.07) is 4.07. The summed E-state index contributed by atoms with van der Waals surface area (Å²) >= 11 is 1.67. The van der Waals surface area contributed by atoms with Gasteiger partial charge in [0.15, 0.2) is 0 Å². The van der Waals surface area contributed by atoms with Crippen LogP contribution in [0.2, 0.25) is 0 Å². The number of oxazole rings is 1. The van der Waals surface area contributed by atoms with Crippen LogP contribution in [0.1, 0.15) is 25.5 Å². The van der Waals surface area contributed by atoms with E-state index in [1.165, 1.54) is 12.8 Å². The third-order valence-electron chi connectivity index (χ3n) is 4.06. The number of hydrogen-bond acceptors (Lipinski definition) is 5. The van der Waals surface area contributed by atoms with Crippen molar-refractivity contribution in [1.82, 2.24) is 15.2 Å². The Labute approximate surface area is 154 Å². The molecule has 130 valence electrons. The normalized spacial score (nSPS) is 15.9. The molecule has 1 saturated heterocycles. The van der Waals surface area contributed by atoms with E-state index in [0.717, 1.165) is 55.1 Å². The lowest BCUT2D eigenvalue weighted by molar-refractivity contribution is 0.174. The molecule has 0 bridgehead atoms. The Kier molecular flexibility index (Phi) is 9.17. The summed E-state index contributed by atoms with van der Waals surface area (Å²) < 4.78 is 5.59. The van der Waals surface area contributed by atoms with Gasteiger partial charge in [-0.25, -0.2) is 4.98 Å². The molecule has 2 aromatic rings. The Morgan fingerprint density at radius 2 is 2.13 bits per heavy atom. The highest BCUT2D eigenvalue weighted by molar-refractivity contribution is 7.13. The molecule has 0 amide bonds. The highest BCUT2D eigenvalue weighted by Gasteiger charge is 2.20. The van der Waals surface area contributed by atoms with Crippen LogP contribution in [0.5, 0.6) is 0 Å². The molecule has 0 aliphatic carbocycles. The number of halogens is 2. The summed E-state index contributed by atoms with van der Waals surface area (Å²) in [5.41, 5.74) is 1.04. The molecule has 3 rings (SSSR count). The van der Waals surface area contributed by atoms with Gasteiger partial charge in [0, 0.05) is 6.54 Å². The van der Waals surface area contributed by atoms with E-state index in [-0.39, 0.29) is 24.8 Å². The number of thiophene rings is 1. The third kappa shape index (κ3) is 5.76. The van der Waals surface area contributed by atoms with Gasteiger partial charge in [0.2, 0.25) is 5.89 Å².